The van der Waals surface area contributed by atoms with Gasteiger partial charge in [-0.1, -0.05) is 26.0 Å². The summed E-state index contributed by atoms with van der Waals surface area (Å²) in [6.07, 6.45) is 4.16. The predicted octanol–water partition coefficient (Wildman–Crippen LogP) is 4.25. The van der Waals surface area contributed by atoms with Crippen molar-refractivity contribution in [1.82, 2.24) is 20.2 Å². The number of fused-ring (bicyclic) bond motifs is 3. The smallest absolute Gasteiger partial charge is 0.223 e. The van der Waals surface area contributed by atoms with Crippen LogP contribution in [0.1, 0.15) is 57.0 Å². The SMILES string of the molecule is CCC(CC)C(=O)NC[C@H]1C[C@H]2CCN1C[C@@H]2c1cc(-c2ccc(N(C)C)cc2)nc(C)n1. The van der Waals surface area contributed by atoms with Gasteiger partial charge in [0, 0.05) is 62.0 Å². The van der Waals surface area contributed by atoms with Crippen LogP contribution in [0.5, 0.6) is 0 Å². The third-order valence-corrected chi connectivity index (χ3v) is 7.66. The first-order valence-electron chi connectivity index (χ1n) is 12.5. The molecule has 0 saturated carbocycles. The maximum Gasteiger partial charge on any atom is 0.223 e. The van der Waals surface area contributed by atoms with Gasteiger partial charge in [-0.05, 0) is 63.3 Å². The van der Waals surface area contributed by atoms with E-state index in [2.05, 4.69) is 73.4 Å². The molecule has 1 N–H and O–H groups in total. The van der Waals surface area contributed by atoms with Crippen LogP contribution < -0.4 is 10.2 Å². The number of hydrogen-bond donors (Lipinski definition) is 1. The third-order valence-electron chi connectivity index (χ3n) is 7.66. The fourth-order valence-electron chi connectivity index (χ4n) is 5.57. The van der Waals surface area contributed by atoms with Crippen molar-refractivity contribution in [2.45, 2.75) is 58.4 Å². The Balaban J connectivity index is 1.46. The largest absolute Gasteiger partial charge is 0.378 e. The maximum absolute atomic E-state index is 12.5. The lowest BCUT2D eigenvalue weighted by molar-refractivity contribution is -0.125. The zero-order valence-corrected chi connectivity index (χ0v) is 20.8. The van der Waals surface area contributed by atoms with Crippen molar-refractivity contribution in [1.29, 1.82) is 0 Å². The molecule has 3 aliphatic heterocycles. The molecule has 4 atom stereocenters. The first-order valence-corrected chi connectivity index (χ1v) is 12.5. The molecule has 33 heavy (non-hydrogen) atoms. The Morgan fingerprint density at radius 1 is 1.18 bits per heavy atom. The summed E-state index contributed by atoms with van der Waals surface area (Å²) in [5.41, 5.74) is 4.50. The number of carbonyl (C=O) groups excluding carboxylic acids is 1. The molecule has 1 aromatic heterocycles. The monoisotopic (exact) mass is 449 g/mol. The molecular weight excluding hydrogens is 410 g/mol. The molecule has 178 valence electrons. The zero-order chi connectivity index (χ0) is 23.5. The number of aryl methyl sites for hydroxylation is 1. The van der Waals surface area contributed by atoms with Crippen LogP contribution in [0, 0.1) is 18.8 Å². The molecule has 2 bridgehead atoms. The van der Waals surface area contributed by atoms with Crippen molar-refractivity contribution >= 4 is 11.6 Å². The van der Waals surface area contributed by atoms with Crippen LogP contribution in [-0.4, -0.2) is 60.5 Å². The second-order valence-corrected chi connectivity index (χ2v) is 9.96. The summed E-state index contributed by atoms with van der Waals surface area (Å²) in [6, 6.07) is 11.2. The number of nitrogens with one attached hydrogen (secondary N) is 1. The van der Waals surface area contributed by atoms with Gasteiger partial charge in [-0.15, -0.1) is 0 Å². The average Bonchev–Trinajstić information content (AvgIpc) is 2.83. The molecule has 1 aromatic carbocycles. The lowest BCUT2D eigenvalue weighted by Gasteiger charge is -2.49. The van der Waals surface area contributed by atoms with Gasteiger partial charge in [0.05, 0.1) is 5.69 Å². The van der Waals surface area contributed by atoms with E-state index in [0.29, 0.717) is 17.9 Å². The van der Waals surface area contributed by atoms with Crippen LogP contribution in [0.15, 0.2) is 30.3 Å². The number of benzene rings is 1. The molecule has 3 saturated heterocycles. The van der Waals surface area contributed by atoms with Crippen molar-refractivity contribution in [2.24, 2.45) is 11.8 Å². The van der Waals surface area contributed by atoms with Gasteiger partial charge in [0.25, 0.3) is 0 Å². The van der Waals surface area contributed by atoms with Gasteiger partial charge in [0.2, 0.25) is 5.91 Å². The lowest BCUT2D eigenvalue weighted by atomic mass is 9.74. The van der Waals surface area contributed by atoms with Gasteiger partial charge in [0.15, 0.2) is 0 Å². The molecule has 5 rings (SSSR count). The Kier molecular flexibility index (Phi) is 7.32. The molecule has 4 heterocycles. The van der Waals surface area contributed by atoms with Crippen LogP contribution in [-0.2, 0) is 4.79 Å². The van der Waals surface area contributed by atoms with Crippen LogP contribution >= 0.6 is 0 Å². The van der Waals surface area contributed by atoms with E-state index in [-0.39, 0.29) is 11.8 Å². The van der Waals surface area contributed by atoms with E-state index in [9.17, 15) is 4.79 Å². The first kappa shape index (κ1) is 23.7. The number of piperidine rings is 3. The normalized spacial score (nSPS) is 24.2. The van der Waals surface area contributed by atoms with E-state index in [4.69, 9.17) is 9.97 Å². The Morgan fingerprint density at radius 3 is 2.52 bits per heavy atom. The summed E-state index contributed by atoms with van der Waals surface area (Å²) >= 11 is 0. The second kappa shape index (κ2) is 10.2. The van der Waals surface area contributed by atoms with E-state index < -0.39 is 0 Å². The van der Waals surface area contributed by atoms with Gasteiger partial charge in [0.1, 0.15) is 5.82 Å². The molecule has 6 nitrogen and oxygen atoms in total. The first-order chi connectivity index (χ1) is 15.9. The minimum Gasteiger partial charge on any atom is -0.378 e. The molecule has 0 radical (unpaired) electrons. The third kappa shape index (κ3) is 5.21. The molecular formula is C27H39N5O. The Bertz CT molecular complexity index is 953. The van der Waals surface area contributed by atoms with Crippen LogP contribution in [0.4, 0.5) is 5.69 Å². The van der Waals surface area contributed by atoms with Crippen LogP contribution in [0.25, 0.3) is 11.3 Å². The van der Waals surface area contributed by atoms with E-state index in [0.717, 1.165) is 56.0 Å². The van der Waals surface area contributed by atoms with E-state index >= 15 is 0 Å². The number of amides is 1. The molecule has 3 fully saturated rings. The summed E-state index contributed by atoms with van der Waals surface area (Å²) in [6.45, 7) is 9.10. The summed E-state index contributed by atoms with van der Waals surface area (Å²) in [5, 5.41) is 3.24. The van der Waals surface area contributed by atoms with Gasteiger partial charge in [-0.2, -0.15) is 0 Å². The van der Waals surface area contributed by atoms with E-state index in [1.54, 1.807) is 0 Å². The van der Waals surface area contributed by atoms with Crippen LogP contribution in [0.2, 0.25) is 0 Å². The summed E-state index contributed by atoms with van der Waals surface area (Å²) < 4.78 is 0. The quantitative estimate of drug-likeness (QED) is 0.653. The maximum atomic E-state index is 12.5. The molecule has 1 amide bonds. The fraction of sp³-hybridized carbons (Fsp3) is 0.593. The Labute approximate surface area is 198 Å². The minimum absolute atomic E-state index is 0.141. The van der Waals surface area contributed by atoms with Crippen molar-refractivity contribution in [3.63, 3.8) is 0 Å². The number of anilines is 1. The minimum atomic E-state index is 0.141. The molecule has 2 aromatic rings. The van der Waals surface area contributed by atoms with E-state index in [1.165, 1.54) is 17.8 Å². The number of rotatable bonds is 8. The zero-order valence-electron chi connectivity index (χ0n) is 20.8. The number of carbonyl (C=O) groups is 1. The van der Waals surface area contributed by atoms with Crippen molar-refractivity contribution in [3.8, 4) is 11.3 Å². The second-order valence-electron chi connectivity index (χ2n) is 9.96. The predicted molar refractivity (Wildman–Crippen MR) is 134 cm³/mol. The molecule has 3 aliphatic rings. The Hall–Kier alpha value is -2.47. The highest BCUT2D eigenvalue weighted by Gasteiger charge is 2.41. The average molecular weight is 450 g/mol. The number of nitrogens with zero attached hydrogens (tertiary/aromatic N) is 4. The molecule has 0 aliphatic carbocycles. The molecule has 1 unspecified atom stereocenters. The van der Waals surface area contributed by atoms with Gasteiger partial charge in [-0.25, -0.2) is 9.97 Å². The summed E-state index contributed by atoms with van der Waals surface area (Å²) in [7, 11) is 4.11. The summed E-state index contributed by atoms with van der Waals surface area (Å²) in [4.78, 5) is 26.8. The number of aromatic nitrogens is 2. The standard InChI is InChI=1S/C27H39N5O/c1-6-19(7-2)27(33)28-16-23-14-21-12-13-32(23)17-24(21)26-15-25(29-18(3)30-26)20-8-10-22(11-9-20)31(4)5/h8-11,15,19,21,23-24H,6-7,12-14,16-17H2,1-5H3,(H,28,33)/t21-,23-,24+/m1/s1. The molecule has 6 heteroatoms. The highest BCUT2D eigenvalue weighted by molar-refractivity contribution is 5.78. The topological polar surface area (TPSA) is 61.4 Å². The van der Waals surface area contributed by atoms with Crippen LogP contribution in [0.3, 0.4) is 0 Å². The van der Waals surface area contributed by atoms with Crippen molar-refractivity contribution in [3.05, 3.63) is 41.9 Å². The summed E-state index contributed by atoms with van der Waals surface area (Å²) in [5.74, 6) is 2.25. The molecule has 0 spiro atoms. The van der Waals surface area contributed by atoms with Gasteiger partial charge >= 0.3 is 0 Å². The fourth-order valence-corrected chi connectivity index (χ4v) is 5.57. The van der Waals surface area contributed by atoms with Crippen molar-refractivity contribution < 1.29 is 4.79 Å². The van der Waals surface area contributed by atoms with Gasteiger partial charge in [-0.3, -0.25) is 9.69 Å². The lowest BCUT2D eigenvalue weighted by Crippen LogP contribution is -2.56. The Morgan fingerprint density at radius 2 is 1.91 bits per heavy atom. The highest BCUT2D eigenvalue weighted by atomic mass is 16.1. The van der Waals surface area contributed by atoms with E-state index in [1.807, 2.05) is 6.92 Å². The highest BCUT2D eigenvalue weighted by Crippen LogP contribution is 2.41. The van der Waals surface area contributed by atoms with Gasteiger partial charge < -0.3 is 10.2 Å². The van der Waals surface area contributed by atoms with Crippen molar-refractivity contribution in [2.75, 3.05) is 38.6 Å². The number of hydrogen-bond acceptors (Lipinski definition) is 5.